The molecule has 14 heavy (non-hydrogen) atoms. The average Bonchev–Trinajstić information content (AvgIpc) is 2.01. The molecule has 1 rings (SSSR count). The first-order chi connectivity index (χ1) is 6.51. The van der Waals surface area contributed by atoms with Crippen LogP contribution in [0.4, 0.5) is 0 Å². The van der Waals surface area contributed by atoms with E-state index in [0.717, 1.165) is 13.1 Å². The highest BCUT2D eigenvalue weighted by Crippen LogP contribution is 2.23. The summed E-state index contributed by atoms with van der Waals surface area (Å²) in [4.78, 5) is 5.05. The Labute approximate surface area is 88.5 Å². The van der Waals surface area contributed by atoms with Gasteiger partial charge in [0, 0.05) is 31.2 Å². The van der Waals surface area contributed by atoms with E-state index in [0.29, 0.717) is 11.6 Å². The van der Waals surface area contributed by atoms with Gasteiger partial charge < -0.3 is 10.2 Å². The molecule has 1 fully saturated rings. The smallest absolute Gasteiger partial charge is 0.0353 e. The van der Waals surface area contributed by atoms with Crippen molar-refractivity contribution < 1.29 is 0 Å². The first kappa shape index (κ1) is 12.0. The number of nitrogens with one attached hydrogen (secondary N) is 1. The molecule has 3 nitrogen and oxygen atoms in total. The molecule has 1 aliphatic heterocycles. The maximum Gasteiger partial charge on any atom is 0.0353 e. The summed E-state index contributed by atoms with van der Waals surface area (Å²) >= 11 is 0. The summed E-state index contributed by atoms with van der Waals surface area (Å²) < 4.78 is 0. The van der Waals surface area contributed by atoms with E-state index in [2.05, 4.69) is 42.9 Å². The van der Waals surface area contributed by atoms with Crippen LogP contribution in [0.15, 0.2) is 0 Å². The number of rotatable bonds is 3. The quantitative estimate of drug-likeness (QED) is 0.719. The summed E-state index contributed by atoms with van der Waals surface area (Å²) in [5.74, 6) is 0. The first-order valence-corrected chi connectivity index (χ1v) is 5.61. The van der Waals surface area contributed by atoms with Crippen molar-refractivity contribution in [2.24, 2.45) is 0 Å². The molecule has 0 saturated carbocycles. The Morgan fingerprint density at radius 2 is 2.07 bits per heavy atom. The van der Waals surface area contributed by atoms with Gasteiger partial charge in [0.2, 0.25) is 0 Å². The predicted molar refractivity (Wildman–Crippen MR) is 61.7 cm³/mol. The van der Waals surface area contributed by atoms with Gasteiger partial charge in [0.05, 0.1) is 0 Å². The molecule has 0 aromatic heterocycles. The average molecular weight is 199 g/mol. The Morgan fingerprint density at radius 1 is 1.43 bits per heavy atom. The van der Waals surface area contributed by atoms with Gasteiger partial charge in [-0.1, -0.05) is 6.92 Å². The molecule has 0 aromatic carbocycles. The van der Waals surface area contributed by atoms with E-state index < -0.39 is 0 Å². The molecule has 1 aliphatic rings. The third kappa shape index (κ3) is 2.47. The van der Waals surface area contributed by atoms with Crippen molar-refractivity contribution in [3.63, 3.8) is 0 Å². The molecule has 1 N–H and O–H groups in total. The van der Waals surface area contributed by atoms with E-state index in [1.807, 2.05) is 7.05 Å². The van der Waals surface area contributed by atoms with Crippen LogP contribution in [-0.2, 0) is 0 Å². The van der Waals surface area contributed by atoms with Crippen molar-refractivity contribution in [3.05, 3.63) is 0 Å². The molecule has 3 heteroatoms. The maximum absolute atomic E-state index is 3.29. The minimum atomic E-state index is 0.309. The fourth-order valence-electron chi connectivity index (χ4n) is 2.87. The molecule has 0 spiro atoms. The minimum Gasteiger partial charge on any atom is -0.318 e. The highest BCUT2D eigenvalue weighted by molar-refractivity contribution is 4.94. The molecule has 0 aromatic rings. The first-order valence-electron chi connectivity index (χ1n) is 5.61. The molecule has 1 heterocycles. The van der Waals surface area contributed by atoms with E-state index in [4.69, 9.17) is 0 Å². The number of likely N-dealkylation sites (N-methyl/N-ethyl adjacent to an activating group) is 3. The molecule has 0 bridgehead atoms. The summed E-state index contributed by atoms with van der Waals surface area (Å²) in [6.07, 6.45) is 0. The lowest BCUT2D eigenvalue weighted by molar-refractivity contribution is -0.0105. The molecule has 0 aliphatic carbocycles. The Bertz CT molecular complexity index is 179. The lowest BCUT2D eigenvalue weighted by atomic mass is 9.95. The van der Waals surface area contributed by atoms with Crippen molar-refractivity contribution in [3.8, 4) is 0 Å². The zero-order valence-electron chi connectivity index (χ0n) is 10.3. The summed E-state index contributed by atoms with van der Waals surface area (Å²) in [5.41, 5.74) is 0.309. The van der Waals surface area contributed by atoms with E-state index in [1.165, 1.54) is 13.1 Å². The number of nitrogens with zero attached hydrogens (tertiary/aromatic N) is 2. The van der Waals surface area contributed by atoms with Gasteiger partial charge >= 0.3 is 0 Å². The van der Waals surface area contributed by atoms with Gasteiger partial charge in [0.15, 0.2) is 0 Å². The van der Waals surface area contributed by atoms with Gasteiger partial charge in [-0.05, 0) is 34.5 Å². The van der Waals surface area contributed by atoms with E-state index in [-0.39, 0.29) is 0 Å². The molecule has 1 saturated heterocycles. The molecule has 84 valence electrons. The topological polar surface area (TPSA) is 18.5 Å². The second-order valence-corrected chi connectivity index (χ2v) is 5.01. The third-order valence-electron chi connectivity index (χ3n) is 3.18. The second kappa shape index (κ2) is 4.60. The zero-order chi connectivity index (χ0) is 10.8. The van der Waals surface area contributed by atoms with Crippen LogP contribution in [0.25, 0.3) is 0 Å². The Morgan fingerprint density at radius 3 is 2.57 bits per heavy atom. The van der Waals surface area contributed by atoms with E-state index in [9.17, 15) is 0 Å². The van der Waals surface area contributed by atoms with Gasteiger partial charge in [0.25, 0.3) is 0 Å². The summed E-state index contributed by atoms with van der Waals surface area (Å²) in [6.45, 7) is 11.5. The Hall–Kier alpha value is -0.120. The highest BCUT2D eigenvalue weighted by Gasteiger charge is 2.36. The van der Waals surface area contributed by atoms with Crippen molar-refractivity contribution in [2.45, 2.75) is 32.4 Å². The van der Waals surface area contributed by atoms with Crippen LogP contribution < -0.4 is 5.32 Å². The lowest BCUT2D eigenvalue weighted by Crippen LogP contribution is -2.64. The van der Waals surface area contributed by atoms with Crippen molar-refractivity contribution in [2.75, 3.05) is 40.3 Å². The molecule has 0 radical (unpaired) electrons. The summed E-state index contributed by atoms with van der Waals surface area (Å²) in [7, 11) is 4.26. The van der Waals surface area contributed by atoms with Gasteiger partial charge in [0.1, 0.15) is 0 Å². The van der Waals surface area contributed by atoms with Crippen molar-refractivity contribution in [1.29, 1.82) is 0 Å². The molecule has 1 atom stereocenters. The second-order valence-electron chi connectivity index (χ2n) is 5.01. The minimum absolute atomic E-state index is 0.309. The predicted octanol–water partition coefficient (Wildman–Crippen LogP) is 0.620. The Balaban J connectivity index is 2.71. The van der Waals surface area contributed by atoms with Crippen LogP contribution in [0.3, 0.4) is 0 Å². The van der Waals surface area contributed by atoms with Gasteiger partial charge in [-0.15, -0.1) is 0 Å². The maximum atomic E-state index is 3.29. The molecule has 0 amide bonds. The lowest BCUT2D eigenvalue weighted by Gasteiger charge is -2.50. The van der Waals surface area contributed by atoms with Crippen LogP contribution in [0.5, 0.6) is 0 Å². The van der Waals surface area contributed by atoms with Crippen LogP contribution in [0.2, 0.25) is 0 Å². The van der Waals surface area contributed by atoms with Crippen LogP contribution in [0, 0.1) is 0 Å². The third-order valence-corrected chi connectivity index (χ3v) is 3.18. The highest BCUT2D eigenvalue weighted by atomic mass is 15.3. The fourth-order valence-corrected chi connectivity index (χ4v) is 2.87. The SMILES string of the molecule is CCN1C(CNC)CN(C)CC1(C)C. The number of hydrogen-bond donors (Lipinski definition) is 1. The fraction of sp³-hybridized carbons (Fsp3) is 1.00. The normalized spacial score (nSPS) is 29.4. The van der Waals surface area contributed by atoms with E-state index in [1.54, 1.807) is 0 Å². The van der Waals surface area contributed by atoms with Crippen molar-refractivity contribution >= 4 is 0 Å². The monoisotopic (exact) mass is 199 g/mol. The number of hydrogen-bond acceptors (Lipinski definition) is 3. The van der Waals surface area contributed by atoms with Crippen molar-refractivity contribution in [1.82, 2.24) is 15.1 Å². The van der Waals surface area contributed by atoms with Gasteiger partial charge in [-0.3, -0.25) is 4.90 Å². The molecular weight excluding hydrogens is 174 g/mol. The largest absolute Gasteiger partial charge is 0.318 e. The molecule has 1 unspecified atom stereocenters. The van der Waals surface area contributed by atoms with E-state index >= 15 is 0 Å². The molecular formula is C11H25N3. The van der Waals surface area contributed by atoms with Gasteiger partial charge in [-0.2, -0.15) is 0 Å². The van der Waals surface area contributed by atoms with Crippen LogP contribution in [-0.4, -0.2) is 61.7 Å². The van der Waals surface area contributed by atoms with Crippen LogP contribution >= 0.6 is 0 Å². The standard InChI is InChI=1S/C11H25N3/c1-6-14-10(7-12-4)8-13(5)9-11(14,2)3/h10,12H,6-9H2,1-5H3. The summed E-state index contributed by atoms with van der Waals surface area (Å²) in [6, 6.07) is 0.652. The zero-order valence-corrected chi connectivity index (χ0v) is 10.3. The number of piperazine rings is 1. The van der Waals surface area contributed by atoms with Crippen LogP contribution in [0.1, 0.15) is 20.8 Å². The summed E-state index contributed by atoms with van der Waals surface area (Å²) in [5, 5.41) is 3.29. The van der Waals surface area contributed by atoms with Gasteiger partial charge in [-0.25, -0.2) is 0 Å². The Kier molecular flexibility index (Phi) is 3.93.